The molecule has 0 saturated carbocycles. The first-order valence-corrected chi connectivity index (χ1v) is 6.48. The van der Waals surface area contributed by atoms with Crippen LogP contribution in [-0.4, -0.2) is 17.0 Å². The molecule has 100 valence electrons. The molecule has 2 aromatic rings. The molecule has 0 unspecified atom stereocenters. The molecule has 19 heavy (non-hydrogen) atoms. The van der Waals surface area contributed by atoms with Gasteiger partial charge in [0.25, 0.3) is 0 Å². The first-order chi connectivity index (χ1) is 9.28. The zero-order valence-electron chi connectivity index (χ0n) is 11.1. The number of nitrogens with one attached hydrogen (secondary N) is 2. The van der Waals surface area contributed by atoms with Crippen LogP contribution in [-0.2, 0) is 17.9 Å². The highest BCUT2D eigenvalue weighted by Crippen LogP contribution is 2.06. The van der Waals surface area contributed by atoms with Crippen molar-refractivity contribution in [2.75, 3.05) is 11.9 Å². The summed E-state index contributed by atoms with van der Waals surface area (Å²) in [6, 6.07) is 11.5. The molecule has 0 spiro atoms. The molecule has 1 heterocycles. The third-order valence-electron chi connectivity index (χ3n) is 2.77. The molecule has 0 aliphatic heterocycles. The Balaban J connectivity index is 1.86. The van der Waals surface area contributed by atoms with E-state index in [2.05, 4.69) is 17.6 Å². The van der Waals surface area contributed by atoms with Gasteiger partial charge in [-0.25, -0.2) is 0 Å². The molecule has 4 heteroatoms. The van der Waals surface area contributed by atoms with Crippen molar-refractivity contribution in [2.24, 2.45) is 0 Å². The quantitative estimate of drug-likeness (QED) is 0.833. The number of amides is 1. The van der Waals surface area contributed by atoms with E-state index in [4.69, 9.17) is 0 Å². The summed E-state index contributed by atoms with van der Waals surface area (Å²) in [4.78, 5) is 11.9. The number of para-hydroxylation sites is 1. The number of nitrogens with zero attached hydrogens (tertiary/aromatic N) is 1. The predicted molar refractivity (Wildman–Crippen MR) is 76.9 cm³/mol. The maximum atomic E-state index is 11.9. The topological polar surface area (TPSA) is 46.1 Å². The van der Waals surface area contributed by atoms with E-state index in [1.54, 1.807) is 0 Å². The molecule has 0 fully saturated rings. The summed E-state index contributed by atoms with van der Waals surface area (Å²) in [5.74, 6) is -0.0169. The number of anilines is 1. The van der Waals surface area contributed by atoms with Gasteiger partial charge in [-0.05, 0) is 30.3 Å². The van der Waals surface area contributed by atoms with Crippen molar-refractivity contribution in [3.8, 4) is 0 Å². The first-order valence-electron chi connectivity index (χ1n) is 6.48. The van der Waals surface area contributed by atoms with Gasteiger partial charge >= 0.3 is 0 Å². The van der Waals surface area contributed by atoms with Gasteiger partial charge in [-0.15, -0.1) is 0 Å². The molecule has 1 amide bonds. The smallest absolute Gasteiger partial charge is 0.244 e. The van der Waals surface area contributed by atoms with Crippen LogP contribution < -0.4 is 10.6 Å². The molecule has 0 aliphatic rings. The van der Waals surface area contributed by atoms with E-state index in [0.29, 0.717) is 6.54 Å². The fourth-order valence-electron chi connectivity index (χ4n) is 1.85. The zero-order chi connectivity index (χ0) is 13.5. The lowest BCUT2D eigenvalue weighted by Crippen LogP contribution is -2.17. The number of aromatic nitrogens is 1. The Morgan fingerprint density at radius 3 is 2.74 bits per heavy atom. The van der Waals surface area contributed by atoms with E-state index < -0.39 is 0 Å². The summed E-state index contributed by atoms with van der Waals surface area (Å²) in [7, 11) is 0. The Morgan fingerprint density at radius 1 is 1.21 bits per heavy atom. The van der Waals surface area contributed by atoms with Crippen LogP contribution in [0.25, 0.3) is 0 Å². The number of hydrogen-bond donors (Lipinski definition) is 2. The predicted octanol–water partition coefficient (Wildman–Crippen LogP) is 2.24. The summed E-state index contributed by atoms with van der Waals surface area (Å²) in [6.07, 6.45) is 3.92. The van der Waals surface area contributed by atoms with Crippen molar-refractivity contribution >= 4 is 11.6 Å². The Kier molecular flexibility index (Phi) is 4.75. The van der Waals surface area contributed by atoms with Gasteiger partial charge < -0.3 is 15.2 Å². The van der Waals surface area contributed by atoms with Crippen LogP contribution in [0.3, 0.4) is 0 Å². The van der Waals surface area contributed by atoms with Gasteiger partial charge in [0.05, 0.1) is 0 Å². The van der Waals surface area contributed by atoms with E-state index in [9.17, 15) is 4.79 Å². The standard InChI is InChI=1S/C15H19N3O/c1-2-16-10-13-8-9-18(11-13)12-15(19)17-14-6-4-3-5-7-14/h3-9,11,16H,2,10,12H2,1H3,(H,17,19). The molecule has 4 nitrogen and oxygen atoms in total. The van der Waals surface area contributed by atoms with Gasteiger partial charge in [0.2, 0.25) is 5.91 Å². The van der Waals surface area contributed by atoms with Crippen molar-refractivity contribution in [2.45, 2.75) is 20.0 Å². The average Bonchev–Trinajstić information content (AvgIpc) is 2.85. The van der Waals surface area contributed by atoms with Gasteiger partial charge in [-0.3, -0.25) is 4.79 Å². The lowest BCUT2D eigenvalue weighted by Gasteiger charge is -2.05. The van der Waals surface area contributed by atoms with Crippen molar-refractivity contribution in [1.82, 2.24) is 9.88 Å². The summed E-state index contributed by atoms with van der Waals surface area (Å²) >= 11 is 0. The second-order valence-electron chi connectivity index (χ2n) is 4.39. The molecule has 0 aliphatic carbocycles. The maximum absolute atomic E-state index is 11.9. The second-order valence-corrected chi connectivity index (χ2v) is 4.39. The van der Waals surface area contributed by atoms with Crippen LogP contribution in [0.4, 0.5) is 5.69 Å². The minimum Gasteiger partial charge on any atom is -0.345 e. The highest BCUT2D eigenvalue weighted by atomic mass is 16.1. The summed E-state index contributed by atoms with van der Waals surface area (Å²) in [5, 5.41) is 6.12. The summed E-state index contributed by atoms with van der Waals surface area (Å²) < 4.78 is 1.89. The monoisotopic (exact) mass is 257 g/mol. The molecule has 1 aromatic carbocycles. The van der Waals surface area contributed by atoms with Crippen LogP contribution >= 0.6 is 0 Å². The van der Waals surface area contributed by atoms with Crippen LogP contribution in [0.5, 0.6) is 0 Å². The zero-order valence-corrected chi connectivity index (χ0v) is 11.1. The summed E-state index contributed by atoms with van der Waals surface area (Å²) in [6.45, 7) is 4.19. The van der Waals surface area contributed by atoms with Crippen molar-refractivity contribution in [1.29, 1.82) is 0 Å². The molecular weight excluding hydrogens is 238 g/mol. The number of benzene rings is 1. The van der Waals surface area contributed by atoms with Crippen LogP contribution in [0.15, 0.2) is 48.8 Å². The Bertz CT molecular complexity index is 519. The minimum absolute atomic E-state index is 0.0169. The highest BCUT2D eigenvalue weighted by Gasteiger charge is 2.03. The molecule has 0 radical (unpaired) electrons. The van der Waals surface area contributed by atoms with Gasteiger partial charge in [0, 0.05) is 24.6 Å². The molecule has 0 saturated heterocycles. The van der Waals surface area contributed by atoms with Gasteiger partial charge in [-0.2, -0.15) is 0 Å². The van der Waals surface area contributed by atoms with Gasteiger partial charge in [-0.1, -0.05) is 25.1 Å². The minimum atomic E-state index is -0.0169. The van der Waals surface area contributed by atoms with E-state index >= 15 is 0 Å². The number of carbonyl (C=O) groups excluding carboxylic acids is 1. The molecule has 1 aromatic heterocycles. The van der Waals surface area contributed by atoms with Gasteiger partial charge in [0.1, 0.15) is 6.54 Å². The molecular formula is C15H19N3O. The maximum Gasteiger partial charge on any atom is 0.244 e. The van der Waals surface area contributed by atoms with E-state index in [0.717, 1.165) is 18.8 Å². The highest BCUT2D eigenvalue weighted by molar-refractivity contribution is 5.90. The van der Waals surface area contributed by atoms with Crippen LogP contribution in [0, 0.1) is 0 Å². The molecule has 0 bridgehead atoms. The number of hydrogen-bond acceptors (Lipinski definition) is 2. The van der Waals surface area contributed by atoms with E-state index in [1.165, 1.54) is 5.56 Å². The Hall–Kier alpha value is -2.07. The fourth-order valence-corrected chi connectivity index (χ4v) is 1.85. The fraction of sp³-hybridized carbons (Fsp3) is 0.267. The molecule has 2 rings (SSSR count). The van der Waals surface area contributed by atoms with Gasteiger partial charge in [0.15, 0.2) is 0 Å². The van der Waals surface area contributed by atoms with Crippen LogP contribution in [0.1, 0.15) is 12.5 Å². The third-order valence-corrected chi connectivity index (χ3v) is 2.77. The number of rotatable bonds is 6. The first kappa shape index (κ1) is 13.4. The molecule has 0 atom stereocenters. The largest absolute Gasteiger partial charge is 0.345 e. The van der Waals surface area contributed by atoms with Crippen molar-refractivity contribution < 1.29 is 4.79 Å². The SMILES string of the molecule is CCNCc1ccn(CC(=O)Nc2ccccc2)c1. The average molecular weight is 257 g/mol. The van der Waals surface area contributed by atoms with E-state index in [-0.39, 0.29) is 5.91 Å². The molecule has 2 N–H and O–H groups in total. The van der Waals surface area contributed by atoms with Crippen molar-refractivity contribution in [3.63, 3.8) is 0 Å². The van der Waals surface area contributed by atoms with E-state index in [1.807, 2.05) is 53.4 Å². The lowest BCUT2D eigenvalue weighted by molar-refractivity contribution is -0.116. The number of carbonyl (C=O) groups is 1. The summed E-state index contributed by atoms with van der Waals surface area (Å²) in [5.41, 5.74) is 2.02. The lowest BCUT2D eigenvalue weighted by atomic mass is 10.3. The second kappa shape index (κ2) is 6.75. The third kappa shape index (κ3) is 4.26. The van der Waals surface area contributed by atoms with Crippen LogP contribution in [0.2, 0.25) is 0 Å². The normalized spacial score (nSPS) is 10.4. The Morgan fingerprint density at radius 2 is 2.00 bits per heavy atom. The van der Waals surface area contributed by atoms with Crippen molar-refractivity contribution in [3.05, 3.63) is 54.4 Å². The Labute approximate surface area is 113 Å².